The minimum Gasteiger partial charge on any atom is -0.349 e. The number of nitrogens with zero attached hydrogens (tertiary/aromatic N) is 1. The van der Waals surface area contributed by atoms with E-state index >= 15 is 0 Å². The van der Waals surface area contributed by atoms with Crippen LogP contribution in [-0.4, -0.2) is 23.0 Å². The standard InChI is InChI=1S/C17H22ClN3OS/c1-3-17(4-2,11-19)21-15(22)9-12-10-23-16(20-12)13-7-5-6-8-14(13)18/h5-8,10H,3-4,9,11,19H2,1-2H3,(H,21,22). The summed E-state index contributed by atoms with van der Waals surface area (Å²) in [6.45, 7) is 4.51. The molecular formula is C17H22ClN3OS. The molecule has 6 heteroatoms. The summed E-state index contributed by atoms with van der Waals surface area (Å²) in [5, 5.41) is 6.46. The first-order valence-electron chi connectivity index (χ1n) is 7.74. The Morgan fingerprint density at radius 1 is 1.35 bits per heavy atom. The van der Waals surface area contributed by atoms with Gasteiger partial charge in [-0.3, -0.25) is 4.79 Å². The van der Waals surface area contributed by atoms with Crippen LogP contribution in [0, 0.1) is 0 Å². The Balaban J connectivity index is 2.07. The van der Waals surface area contributed by atoms with Gasteiger partial charge in [0.15, 0.2) is 0 Å². The fourth-order valence-electron chi connectivity index (χ4n) is 2.42. The predicted molar refractivity (Wildman–Crippen MR) is 96.8 cm³/mol. The van der Waals surface area contributed by atoms with E-state index in [4.69, 9.17) is 17.3 Å². The second-order valence-corrected chi connectivity index (χ2v) is 6.81. The lowest BCUT2D eigenvalue weighted by Crippen LogP contribution is -2.53. The minimum atomic E-state index is -0.321. The lowest BCUT2D eigenvalue weighted by atomic mass is 9.92. The van der Waals surface area contributed by atoms with E-state index in [1.165, 1.54) is 11.3 Å². The van der Waals surface area contributed by atoms with Crippen molar-refractivity contribution >= 4 is 28.8 Å². The molecule has 1 aromatic heterocycles. The first-order valence-corrected chi connectivity index (χ1v) is 8.99. The SMILES string of the molecule is CCC(CC)(CN)NC(=O)Cc1csc(-c2ccccc2Cl)n1. The van der Waals surface area contributed by atoms with Crippen LogP contribution in [0.2, 0.25) is 5.02 Å². The summed E-state index contributed by atoms with van der Waals surface area (Å²) in [5.74, 6) is -0.0461. The van der Waals surface area contributed by atoms with Crippen molar-refractivity contribution in [2.24, 2.45) is 5.73 Å². The summed E-state index contributed by atoms with van der Waals surface area (Å²) in [5.41, 5.74) is 7.15. The number of thiazole rings is 1. The molecule has 3 N–H and O–H groups in total. The number of hydrogen-bond acceptors (Lipinski definition) is 4. The maximum atomic E-state index is 12.3. The molecule has 1 heterocycles. The average molecular weight is 352 g/mol. The van der Waals surface area contributed by atoms with E-state index in [2.05, 4.69) is 10.3 Å². The van der Waals surface area contributed by atoms with Crippen molar-refractivity contribution in [2.75, 3.05) is 6.54 Å². The van der Waals surface area contributed by atoms with Crippen LogP contribution in [0.4, 0.5) is 0 Å². The van der Waals surface area contributed by atoms with E-state index in [1.807, 2.05) is 43.5 Å². The van der Waals surface area contributed by atoms with E-state index in [0.717, 1.165) is 29.1 Å². The molecule has 2 rings (SSSR count). The van der Waals surface area contributed by atoms with Crippen molar-refractivity contribution in [3.8, 4) is 10.6 Å². The first-order chi connectivity index (χ1) is 11.0. The number of benzene rings is 1. The molecule has 0 spiro atoms. The van der Waals surface area contributed by atoms with Crippen molar-refractivity contribution in [3.63, 3.8) is 0 Å². The molecule has 0 unspecified atom stereocenters. The number of aromatic nitrogens is 1. The van der Waals surface area contributed by atoms with Crippen LogP contribution in [0.5, 0.6) is 0 Å². The molecule has 0 radical (unpaired) electrons. The van der Waals surface area contributed by atoms with Crippen LogP contribution in [0.25, 0.3) is 10.6 Å². The number of nitrogens with two attached hydrogens (primary N) is 1. The Labute approximate surface area is 146 Å². The molecule has 1 amide bonds. The van der Waals surface area contributed by atoms with Gasteiger partial charge in [0.1, 0.15) is 5.01 Å². The normalized spacial score (nSPS) is 11.5. The molecule has 0 saturated carbocycles. The summed E-state index contributed by atoms with van der Waals surface area (Å²) in [6.07, 6.45) is 1.88. The number of amides is 1. The Hall–Kier alpha value is -1.43. The van der Waals surface area contributed by atoms with Crippen molar-refractivity contribution in [3.05, 3.63) is 40.4 Å². The largest absolute Gasteiger partial charge is 0.349 e. The van der Waals surface area contributed by atoms with Crippen LogP contribution in [0.15, 0.2) is 29.6 Å². The molecule has 0 saturated heterocycles. The second kappa shape index (κ2) is 7.90. The number of halogens is 1. The molecule has 0 fully saturated rings. The summed E-state index contributed by atoms with van der Waals surface area (Å²) in [6, 6.07) is 7.57. The monoisotopic (exact) mass is 351 g/mol. The van der Waals surface area contributed by atoms with Gasteiger partial charge in [0, 0.05) is 17.5 Å². The molecule has 0 bridgehead atoms. The van der Waals surface area contributed by atoms with E-state index in [1.54, 1.807) is 0 Å². The molecule has 0 aliphatic carbocycles. The van der Waals surface area contributed by atoms with Crippen LogP contribution >= 0.6 is 22.9 Å². The smallest absolute Gasteiger partial charge is 0.226 e. The van der Waals surface area contributed by atoms with E-state index < -0.39 is 0 Å². The van der Waals surface area contributed by atoms with Gasteiger partial charge >= 0.3 is 0 Å². The molecule has 0 atom stereocenters. The second-order valence-electron chi connectivity index (χ2n) is 5.54. The van der Waals surface area contributed by atoms with Crippen LogP contribution in [-0.2, 0) is 11.2 Å². The van der Waals surface area contributed by atoms with Crippen LogP contribution < -0.4 is 11.1 Å². The Morgan fingerprint density at radius 3 is 2.65 bits per heavy atom. The van der Waals surface area contributed by atoms with E-state index in [0.29, 0.717) is 11.6 Å². The van der Waals surface area contributed by atoms with Crippen LogP contribution in [0.3, 0.4) is 0 Å². The van der Waals surface area contributed by atoms with Gasteiger partial charge in [-0.2, -0.15) is 0 Å². The lowest BCUT2D eigenvalue weighted by Gasteiger charge is -2.31. The highest BCUT2D eigenvalue weighted by molar-refractivity contribution is 7.13. The highest BCUT2D eigenvalue weighted by atomic mass is 35.5. The van der Waals surface area contributed by atoms with Crippen molar-refractivity contribution in [1.29, 1.82) is 0 Å². The van der Waals surface area contributed by atoms with Gasteiger partial charge in [0.05, 0.1) is 22.7 Å². The van der Waals surface area contributed by atoms with E-state index in [9.17, 15) is 4.79 Å². The van der Waals surface area contributed by atoms with Gasteiger partial charge in [-0.15, -0.1) is 11.3 Å². The predicted octanol–water partition coefficient (Wildman–Crippen LogP) is 3.64. The number of rotatable bonds is 7. The van der Waals surface area contributed by atoms with Gasteiger partial charge in [-0.25, -0.2) is 4.98 Å². The quantitative estimate of drug-likeness (QED) is 0.800. The fraction of sp³-hybridized carbons (Fsp3) is 0.412. The molecular weight excluding hydrogens is 330 g/mol. The third kappa shape index (κ3) is 4.31. The zero-order valence-electron chi connectivity index (χ0n) is 13.4. The third-order valence-corrected chi connectivity index (χ3v) is 5.40. The molecule has 124 valence electrons. The molecule has 4 nitrogen and oxygen atoms in total. The minimum absolute atomic E-state index is 0.0461. The number of hydrogen-bond donors (Lipinski definition) is 2. The molecule has 0 aliphatic heterocycles. The highest BCUT2D eigenvalue weighted by Crippen LogP contribution is 2.30. The van der Waals surface area contributed by atoms with Crippen LogP contribution in [0.1, 0.15) is 32.4 Å². The van der Waals surface area contributed by atoms with Gasteiger partial charge in [-0.05, 0) is 18.9 Å². The molecule has 23 heavy (non-hydrogen) atoms. The van der Waals surface area contributed by atoms with Gasteiger partial charge in [-0.1, -0.05) is 43.6 Å². The lowest BCUT2D eigenvalue weighted by molar-refractivity contribution is -0.122. The number of nitrogens with one attached hydrogen (secondary N) is 1. The van der Waals surface area contributed by atoms with E-state index in [-0.39, 0.29) is 17.9 Å². The fourth-order valence-corrected chi connectivity index (χ4v) is 3.56. The summed E-state index contributed by atoms with van der Waals surface area (Å²) < 4.78 is 0. The van der Waals surface area contributed by atoms with Gasteiger partial charge in [0.2, 0.25) is 5.91 Å². The van der Waals surface area contributed by atoms with Crippen molar-refractivity contribution in [1.82, 2.24) is 10.3 Å². The van der Waals surface area contributed by atoms with Crippen molar-refractivity contribution in [2.45, 2.75) is 38.6 Å². The van der Waals surface area contributed by atoms with Gasteiger partial charge in [0.25, 0.3) is 0 Å². The molecule has 1 aromatic carbocycles. The maximum absolute atomic E-state index is 12.3. The third-order valence-electron chi connectivity index (χ3n) is 4.15. The summed E-state index contributed by atoms with van der Waals surface area (Å²) in [7, 11) is 0. The van der Waals surface area contributed by atoms with Gasteiger partial charge < -0.3 is 11.1 Å². The number of carbonyl (C=O) groups excluding carboxylic acids is 1. The zero-order chi connectivity index (χ0) is 16.9. The Kier molecular flexibility index (Phi) is 6.16. The summed E-state index contributed by atoms with van der Waals surface area (Å²) in [4.78, 5) is 16.8. The average Bonchev–Trinajstić information content (AvgIpc) is 3.01. The Bertz CT molecular complexity index is 659. The topological polar surface area (TPSA) is 68.0 Å². The highest BCUT2D eigenvalue weighted by Gasteiger charge is 2.26. The number of carbonyl (C=O) groups is 1. The summed E-state index contributed by atoms with van der Waals surface area (Å²) >= 11 is 7.68. The Morgan fingerprint density at radius 2 is 2.04 bits per heavy atom. The van der Waals surface area contributed by atoms with Crippen molar-refractivity contribution < 1.29 is 4.79 Å². The maximum Gasteiger partial charge on any atom is 0.226 e. The first kappa shape index (κ1) is 17.9. The molecule has 2 aromatic rings. The molecule has 0 aliphatic rings. The zero-order valence-corrected chi connectivity index (χ0v) is 15.0.